The molecule has 0 fully saturated rings. The van der Waals surface area contributed by atoms with Gasteiger partial charge in [-0.3, -0.25) is 0 Å². The Morgan fingerprint density at radius 2 is 1.90 bits per heavy atom. The molecule has 0 aliphatic heterocycles. The molecule has 2 aromatic heterocycles. The number of ether oxygens (including phenoxy) is 3. The molecule has 7 nitrogen and oxygen atoms in total. The van der Waals surface area contributed by atoms with E-state index in [1.54, 1.807) is 14.0 Å². The lowest BCUT2D eigenvalue weighted by Crippen LogP contribution is -2.10. The summed E-state index contributed by atoms with van der Waals surface area (Å²) in [5.41, 5.74) is 3.94. The number of esters is 1. The lowest BCUT2D eigenvalue weighted by molar-refractivity contribution is 0.0527. The third-order valence-electron chi connectivity index (χ3n) is 4.46. The Kier molecular flexibility index (Phi) is 6.16. The third-order valence-corrected chi connectivity index (χ3v) is 4.46. The zero-order valence-corrected chi connectivity index (χ0v) is 17.3. The van der Waals surface area contributed by atoms with E-state index in [0.29, 0.717) is 34.6 Å². The normalized spacial score (nSPS) is 10.7. The summed E-state index contributed by atoms with van der Waals surface area (Å²) in [6.45, 7) is 8.29. The minimum absolute atomic E-state index is 0.272. The van der Waals surface area contributed by atoms with E-state index < -0.39 is 5.97 Å². The molecular formula is C22H25N3O4. The molecule has 3 aromatic rings. The first-order valence-corrected chi connectivity index (χ1v) is 9.50. The maximum atomic E-state index is 12.6. The van der Waals surface area contributed by atoms with Gasteiger partial charge in [0.2, 0.25) is 0 Å². The monoisotopic (exact) mass is 395 g/mol. The van der Waals surface area contributed by atoms with Gasteiger partial charge in [0.15, 0.2) is 5.65 Å². The van der Waals surface area contributed by atoms with Gasteiger partial charge in [-0.25, -0.2) is 14.8 Å². The molecule has 152 valence electrons. The van der Waals surface area contributed by atoms with E-state index in [9.17, 15) is 4.79 Å². The molecule has 29 heavy (non-hydrogen) atoms. The van der Waals surface area contributed by atoms with Gasteiger partial charge in [-0.15, -0.1) is 0 Å². The van der Waals surface area contributed by atoms with Crippen LogP contribution in [0, 0.1) is 13.8 Å². The van der Waals surface area contributed by atoms with Crippen LogP contribution < -0.4 is 14.8 Å². The molecule has 0 spiro atoms. The molecule has 0 aliphatic rings. The Morgan fingerprint density at radius 3 is 2.55 bits per heavy atom. The number of aromatic nitrogens is 2. The van der Waals surface area contributed by atoms with Crippen LogP contribution >= 0.6 is 0 Å². The van der Waals surface area contributed by atoms with Gasteiger partial charge in [0, 0.05) is 17.3 Å². The minimum Gasteiger partial charge on any atom is -0.496 e. The summed E-state index contributed by atoms with van der Waals surface area (Å²) in [4.78, 5) is 21.5. The van der Waals surface area contributed by atoms with Crippen molar-refractivity contribution in [1.82, 2.24) is 9.97 Å². The maximum absolute atomic E-state index is 12.6. The summed E-state index contributed by atoms with van der Waals surface area (Å²) in [5.74, 6) is 0.988. The number of benzene rings is 1. The van der Waals surface area contributed by atoms with Crippen LogP contribution in [-0.4, -0.2) is 36.3 Å². The lowest BCUT2D eigenvalue weighted by Gasteiger charge is -2.16. The summed E-state index contributed by atoms with van der Waals surface area (Å²) in [7, 11) is 1.63. The van der Waals surface area contributed by atoms with Gasteiger partial charge < -0.3 is 19.5 Å². The number of carbonyl (C=O) groups excluding carboxylic acids is 1. The number of aryl methyl sites for hydroxylation is 2. The molecule has 0 saturated carbocycles. The fourth-order valence-electron chi connectivity index (χ4n) is 3.09. The smallest absolute Gasteiger partial charge is 0.341 e. The summed E-state index contributed by atoms with van der Waals surface area (Å²) in [6, 6.07) is 7.57. The van der Waals surface area contributed by atoms with Gasteiger partial charge in [0.05, 0.1) is 31.7 Å². The molecule has 3 rings (SSSR count). The highest BCUT2D eigenvalue weighted by molar-refractivity contribution is 6.05. The Morgan fingerprint density at radius 1 is 1.10 bits per heavy atom. The topological polar surface area (TPSA) is 82.6 Å². The van der Waals surface area contributed by atoms with Crippen molar-refractivity contribution in [2.24, 2.45) is 0 Å². The quantitative estimate of drug-likeness (QED) is 0.587. The van der Waals surface area contributed by atoms with Gasteiger partial charge in [-0.1, -0.05) is 0 Å². The molecule has 0 unspecified atom stereocenters. The van der Waals surface area contributed by atoms with E-state index in [1.807, 2.05) is 45.0 Å². The standard InChI is InChI=1S/C22H25N3O4/c1-6-28-19-11-16-20(25-15-8-9-18(27-5)13(3)10-15)17(22(26)29-7-2)12-23-21(16)24-14(19)4/h8-12H,6-7H2,1-5H3,(H,23,24,25). The van der Waals surface area contributed by atoms with Crippen LogP contribution in [0.1, 0.15) is 35.5 Å². The largest absolute Gasteiger partial charge is 0.496 e. The first kappa shape index (κ1) is 20.4. The highest BCUT2D eigenvalue weighted by atomic mass is 16.5. The van der Waals surface area contributed by atoms with Crippen LogP contribution in [-0.2, 0) is 4.74 Å². The van der Waals surface area contributed by atoms with Crippen molar-refractivity contribution in [1.29, 1.82) is 0 Å². The molecule has 0 saturated heterocycles. The van der Waals surface area contributed by atoms with Crippen molar-refractivity contribution in [3.8, 4) is 11.5 Å². The number of nitrogens with zero attached hydrogens (tertiary/aromatic N) is 2. The Labute approximate surface area is 170 Å². The fraction of sp³-hybridized carbons (Fsp3) is 0.318. The SMILES string of the molecule is CCOC(=O)c1cnc2nc(C)c(OCC)cc2c1Nc1ccc(OC)c(C)c1. The van der Waals surface area contributed by atoms with Crippen molar-refractivity contribution in [2.75, 3.05) is 25.6 Å². The predicted octanol–water partition coefficient (Wildman–Crippen LogP) is 4.57. The van der Waals surface area contributed by atoms with Gasteiger partial charge in [0.25, 0.3) is 0 Å². The van der Waals surface area contributed by atoms with Crippen LogP contribution in [0.25, 0.3) is 11.0 Å². The van der Waals surface area contributed by atoms with E-state index in [2.05, 4.69) is 15.3 Å². The first-order chi connectivity index (χ1) is 14.0. The average molecular weight is 395 g/mol. The number of hydrogen-bond acceptors (Lipinski definition) is 7. The van der Waals surface area contributed by atoms with E-state index in [-0.39, 0.29) is 6.61 Å². The van der Waals surface area contributed by atoms with E-state index in [4.69, 9.17) is 14.2 Å². The van der Waals surface area contributed by atoms with Crippen molar-refractivity contribution in [3.63, 3.8) is 0 Å². The number of hydrogen-bond donors (Lipinski definition) is 1. The Bertz CT molecular complexity index is 1050. The Balaban J connectivity index is 2.18. The van der Waals surface area contributed by atoms with Crippen LogP contribution in [0.15, 0.2) is 30.5 Å². The average Bonchev–Trinajstić information content (AvgIpc) is 2.69. The molecule has 7 heteroatoms. The van der Waals surface area contributed by atoms with Gasteiger partial charge in [-0.2, -0.15) is 0 Å². The molecule has 2 heterocycles. The zero-order chi connectivity index (χ0) is 21.0. The summed E-state index contributed by atoms with van der Waals surface area (Å²) in [6.07, 6.45) is 1.49. The molecule has 0 radical (unpaired) electrons. The second-order valence-electron chi connectivity index (χ2n) is 6.45. The third kappa shape index (κ3) is 4.23. The van der Waals surface area contributed by atoms with Gasteiger partial charge >= 0.3 is 5.97 Å². The molecule has 1 N–H and O–H groups in total. The van der Waals surface area contributed by atoms with Crippen LogP contribution in [0.4, 0.5) is 11.4 Å². The van der Waals surface area contributed by atoms with E-state index in [1.165, 1.54) is 6.20 Å². The van der Waals surface area contributed by atoms with Gasteiger partial charge in [-0.05, 0) is 57.5 Å². The second kappa shape index (κ2) is 8.77. The molecule has 0 atom stereocenters. The van der Waals surface area contributed by atoms with Crippen molar-refractivity contribution >= 4 is 28.4 Å². The second-order valence-corrected chi connectivity index (χ2v) is 6.45. The van der Waals surface area contributed by atoms with E-state index >= 15 is 0 Å². The number of anilines is 2. The minimum atomic E-state index is -0.451. The molecule has 0 amide bonds. The molecule has 0 bridgehead atoms. The van der Waals surface area contributed by atoms with Crippen molar-refractivity contribution < 1.29 is 19.0 Å². The van der Waals surface area contributed by atoms with Crippen molar-refractivity contribution in [2.45, 2.75) is 27.7 Å². The number of carbonyl (C=O) groups is 1. The fourth-order valence-corrected chi connectivity index (χ4v) is 3.09. The molecular weight excluding hydrogens is 370 g/mol. The highest BCUT2D eigenvalue weighted by Crippen LogP contribution is 2.33. The zero-order valence-electron chi connectivity index (χ0n) is 17.3. The number of methoxy groups -OCH3 is 1. The summed E-state index contributed by atoms with van der Waals surface area (Å²) < 4.78 is 16.3. The van der Waals surface area contributed by atoms with Crippen LogP contribution in [0.5, 0.6) is 11.5 Å². The first-order valence-electron chi connectivity index (χ1n) is 9.50. The number of fused-ring (bicyclic) bond motifs is 1. The number of rotatable bonds is 7. The van der Waals surface area contributed by atoms with E-state index in [0.717, 1.165) is 22.7 Å². The van der Waals surface area contributed by atoms with Gasteiger partial charge in [0.1, 0.15) is 17.1 Å². The molecule has 1 aromatic carbocycles. The number of nitrogens with one attached hydrogen (secondary N) is 1. The van der Waals surface area contributed by atoms with Crippen LogP contribution in [0.2, 0.25) is 0 Å². The lowest BCUT2D eigenvalue weighted by atomic mass is 10.1. The maximum Gasteiger partial charge on any atom is 0.341 e. The Hall–Kier alpha value is -3.35. The van der Waals surface area contributed by atoms with Crippen LogP contribution in [0.3, 0.4) is 0 Å². The van der Waals surface area contributed by atoms with Crippen molar-refractivity contribution in [3.05, 3.63) is 47.3 Å². The molecule has 0 aliphatic carbocycles. The summed E-state index contributed by atoms with van der Waals surface area (Å²) in [5, 5.41) is 4.02. The summed E-state index contributed by atoms with van der Waals surface area (Å²) >= 11 is 0. The number of pyridine rings is 2. The highest BCUT2D eigenvalue weighted by Gasteiger charge is 2.19. The predicted molar refractivity (Wildman–Crippen MR) is 112 cm³/mol.